The van der Waals surface area contributed by atoms with Gasteiger partial charge in [-0.25, -0.2) is 4.99 Å². The number of allylic oxidation sites excluding steroid dienone is 1. The Morgan fingerprint density at radius 2 is 2.33 bits per heavy atom. The van der Waals surface area contributed by atoms with Gasteiger partial charge >= 0.3 is 0 Å². The van der Waals surface area contributed by atoms with Gasteiger partial charge < -0.3 is 0 Å². The van der Waals surface area contributed by atoms with E-state index in [9.17, 15) is 4.79 Å². The van der Waals surface area contributed by atoms with E-state index in [4.69, 9.17) is 17.0 Å². The zero-order valence-corrected chi connectivity index (χ0v) is 7.54. The molecule has 2 aliphatic heterocycles. The highest BCUT2D eigenvalue weighted by Crippen LogP contribution is 2.27. The molecule has 1 amide bonds. The Morgan fingerprint density at radius 1 is 1.58 bits per heavy atom. The maximum absolute atomic E-state index is 11.1. The lowest BCUT2D eigenvalue weighted by molar-refractivity contribution is -0.114. The van der Waals surface area contributed by atoms with Crippen LogP contribution < -0.4 is 0 Å². The van der Waals surface area contributed by atoms with Crippen LogP contribution in [0, 0.1) is 4.78 Å². The molecule has 2 heterocycles. The number of nitrogens with one attached hydrogen (secondary N) is 1. The van der Waals surface area contributed by atoms with Crippen LogP contribution in [0.2, 0.25) is 0 Å². The first-order valence-corrected chi connectivity index (χ1v) is 4.83. The Kier molecular flexibility index (Phi) is 1.62. The second-order valence-corrected chi connectivity index (χ2v) is 4.49. The van der Waals surface area contributed by atoms with Crippen LogP contribution in [0.15, 0.2) is 27.6 Å². The summed E-state index contributed by atoms with van der Waals surface area (Å²) in [6, 6.07) is 0. The molecule has 0 bridgehead atoms. The van der Waals surface area contributed by atoms with Crippen molar-refractivity contribution in [1.82, 2.24) is 0 Å². The van der Waals surface area contributed by atoms with Gasteiger partial charge in [0.2, 0.25) is 0 Å². The van der Waals surface area contributed by atoms with Gasteiger partial charge in [-0.1, -0.05) is 12.2 Å². The topological polar surface area (TPSA) is 53.3 Å². The quantitative estimate of drug-likeness (QED) is 0.590. The Balaban J connectivity index is 2.61. The van der Waals surface area contributed by atoms with Crippen LogP contribution in [-0.4, -0.2) is 16.3 Å². The summed E-state index contributed by atoms with van der Waals surface area (Å²) in [7, 11) is -0.817. The van der Waals surface area contributed by atoms with Crippen LogP contribution in [0.1, 0.15) is 0 Å². The largest absolute Gasteiger partial charge is 0.278 e. The predicted octanol–water partition coefficient (Wildman–Crippen LogP) is 1.13. The molecule has 3 nitrogen and oxygen atoms in total. The molecule has 1 unspecified atom stereocenters. The molecule has 1 atom stereocenters. The van der Waals surface area contributed by atoms with Crippen molar-refractivity contribution in [2.24, 2.45) is 4.99 Å². The molecule has 0 fully saturated rings. The van der Waals surface area contributed by atoms with Crippen molar-refractivity contribution in [2.45, 2.75) is 0 Å². The van der Waals surface area contributed by atoms with Crippen LogP contribution in [-0.2, 0) is 15.5 Å². The lowest BCUT2D eigenvalue weighted by atomic mass is 10.2. The Bertz CT molecular complexity index is 404. The third-order valence-electron chi connectivity index (χ3n) is 1.60. The minimum atomic E-state index is -0.817. The Morgan fingerprint density at radius 3 is 3.00 bits per heavy atom. The summed E-state index contributed by atoms with van der Waals surface area (Å²) < 4.78 is 8.13. The number of hydrogen-bond acceptors (Lipinski definition) is 3. The first kappa shape index (κ1) is 7.70. The molecule has 0 spiro atoms. The van der Waals surface area contributed by atoms with E-state index in [0.29, 0.717) is 14.7 Å². The number of carbonyl (C=O) groups excluding carboxylic acids is 1. The number of hydrogen-bond donors (Lipinski definition) is 1. The maximum Gasteiger partial charge on any atom is 0.278 e. The van der Waals surface area contributed by atoms with Gasteiger partial charge in [0.15, 0.2) is 0 Å². The van der Waals surface area contributed by atoms with E-state index in [1.807, 2.05) is 0 Å². The van der Waals surface area contributed by atoms with Crippen molar-refractivity contribution < 1.29 is 4.79 Å². The van der Waals surface area contributed by atoms with E-state index >= 15 is 0 Å². The molecule has 60 valence electrons. The second-order valence-electron chi connectivity index (χ2n) is 2.30. The van der Waals surface area contributed by atoms with Gasteiger partial charge in [-0.05, 0) is 22.8 Å². The predicted molar refractivity (Wildman–Crippen MR) is 52.3 cm³/mol. The molecule has 0 radical (unpaired) electrons. The van der Waals surface area contributed by atoms with Gasteiger partial charge in [0.1, 0.15) is 0 Å². The number of carbonyl (C=O) groups is 1. The van der Waals surface area contributed by atoms with Crippen molar-refractivity contribution in [3.8, 4) is 0 Å². The van der Waals surface area contributed by atoms with Crippen molar-refractivity contribution in [3.05, 3.63) is 22.6 Å². The van der Waals surface area contributed by atoms with Crippen LogP contribution >= 0.6 is 12.2 Å². The molecule has 0 aromatic carbocycles. The van der Waals surface area contributed by atoms with Gasteiger partial charge in [-0.15, -0.1) is 0 Å². The van der Waals surface area contributed by atoms with Crippen molar-refractivity contribution >= 4 is 39.2 Å². The standard InChI is InChI=1S/C7H4N2OS2/c8-12-5-1-2-9-7(10)4(5)3-6(12)11/h1-3,8H. The highest BCUT2D eigenvalue weighted by molar-refractivity contribution is 8.17. The highest BCUT2D eigenvalue weighted by Gasteiger charge is 2.26. The summed E-state index contributed by atoms with van der Waals surface area (Å²) in [5, 5.41) is 0. The molecule has 0 saturated heterocycles. The number of nitrogens with zero attached hydrogens (tertiary/aromatic N) is 1. The first-order chi connectivity index (χ1) is 5.70. The molecule has 0 aromatic rings. The summed E-state index contributed by atoms with van der Waals surface area (Å²) in [6.07, 6.45) is 4.69. The average molecular weight is 196 g/mol. The summed E-state index contributed by atoms with van der Waals surface area (Å²) in [5.41, 5.74) is 0.501. The smallest absolute Gasteiger partial charge is 0.270 e. The van der Waals surface area contributed by atoms with E-state index in [-0.39, 0.29) is 5.91 Å². The number of dihydropyridines is 1. The third kappa shape index (κ3) is 0.937. The van der Waals surface area contributed by atoms with E-state index in [1.165, 1.54) is 6.21 Å². The molecule has 12 heavy (non-hydrogen) atoms. The molecular formula is C7H4N2OS2. The van der Waals surface area contributed by atoms with Crippen molar-refractivity contribution in [3.63, 3.8) is 0 Å². The lowest BCUT2D eigenvalue weighted by Crippen LogP contribution is -2.05. The number of aliphatic imine (C=N–C) groups is 1. The summed E-state index contributed by atoms with van der Waals surface area (Å²) >= 11 is 4.91. The number of rotatable bonds is 0. The van der Waals surface area contributed by atoms with Gasteiger partial charge in [0.05, 0.1) is 9.77 Å². The Labute approximate surface area is 76.8 Å². The van der Waals surface area contributed by atoms with Gasteiger partial charge in [0, 0.05) is 11.1 Å². The van der Waals surface area contributed by atoms with Crippen LogP contribution in [0.4, 0.5) is 0 Å². The van der Waals surface area contributed by atoms with E-state index in [0.717, 1.165) is 0 Å². The minimum absolute atomic E-state index is 0.280. The lowest BCUT2D eigenvalue weighted by Gasteiger charge is -2.03. The zero-order valence-electron chi connectivity index (χ0n) is 5.90. The minimum Gasteiger partial charge on any atom is -0.270 e. The van der Waals surface area contributed by atoms with Crippen LogP contribution in [0.5, 0.6) is 0 Å². The van der Waals surface area contributed by atoms with Gasteiger partial charge in [0.25, 0.3) is 5.91 Å². The average Bonchev–Trinajstić information content (AvgIpc) is 2.32. The third-order valence-corrected chi connectivity index (χ3v) is 3.53. The molecule has 0 aromatic heterocycles. The van der Waals surface area contributed by atoms with Gasteiger partial charge in [-0.3, -0.25) is 9.57 Å². The molecular weight excluding hydrogens is 192 g/mol. The molecule has 2 rings (SSSR count). The van der Waals surface area contributed by atoms with E-state index in [1.54, 1.807) is 12.2 Å². The number of amides is 1. The normalized spacial score (nSPS) is 26.8. The first-order valence-electron chi connectivity index (χ1n) is 3.20. The molecule has 1 N–H and O–H groups in total. The molecule has 0 aliphatic carbocycles. The number of fused-ring (bicyclic) bond motifs is 1. The second kappa shape index (κ2) is 2.53. The highest BCUT2D eigenvalue weighted by atomic mass is 32.2. The maximum atomic E-state index is 11.1. The van der Waals surface area contributed by atoms with Crippen LogP contribution in [0.25, 0.3) is 0 Å². The van der Waals surface area contributed by atoms with Gasteiger partial charge in [-0.2, -0.15) is 0 Å². The van der Waals surface area contributed by atoms with Crippen molar-refractivity contribution in [2.75, 3.05) is 0 Å². The summed E-state index contributed by atoms with van der Waals surface area (Å²) in [6.45, 7) is 0. The van der Waals surface area contributed by atoms with Crippen LogP contribution in [0.3, 0.4) is 0 Å². The fourth-order valence-electron chi connectivity index (χ4n) is 1.03. The number of thiocarbonyl (C=S) groups is 1. The van der Waals surface area contributed by atoms with E-state index in [2.05, 4.69) is 4.99 Å². The molecule has 0 saturated carbocycles. The Hall–Kier alpha value is -0.940. The fraction of sp³-hybridized carbons (Fsp3) is 0. The molecule has 2 aliphatic rings. The summed E-state index contributed by atoms with van der Waals surface area (Å²) in [5.74, 6) is -0.280. The fourth-order valence-corrected chi connectivity index (χ4v) is 2.44. The van der Waals surface area contributed by atoms with E-state index < -0.39 is 10.7 Å². The SMILES string of the molecule is N=S1C(=S)C=C2C(=O)N=CC=C21. The molecule has 5 heteroatoms. The monoisotopic (exact) mass is 196 g/mol. The van der Waals surface area contributed by atoms with Crippen molar-refractivity contribution in [1.29, 1.82) is 4.78 Å². The summed E-state index contributed by atoms with van der Waals surface area (Å²) in [4.78, 5) is 15.4. The zero-order chi connectivity index (χ0) is 8.72.